The van der Waals surface area contributed by atoms with Crippen LogP contribution in [0.1, 0.15) is 51.4 Å². The van der Waals surface area contributed by atoms with Crippen LogP contribution >= 0.6 is 0 Å². The van der Waals surface area contributed by atoms with Crippen molar-refractivity contribution in [3.05, 3.63) is 0 Å². The predicted octanol–water partition coefficient (Wildman–Crippen LogP) is 2.97. The van der Waals surface area contributed by atoms with E-state index in [0.29, 0.717) is 11.8 Å². The highest BCUT2D eigenvalue weighted by Gasteiger charge is 2.49. The first kappa shape index (κ1) is 9.21. The molecule has 0 amide bonds. The Morgan fingerprint density at radius 1 is 0.714 bits per heavy atom. The standard InChI is InChI=1S/C13H22O/c14-13-11-7-6-10(8-11)12(13)9-4-2-1-3-5-9/h9-14H,1-8H2/t10-,11+,12-,13?/m1/s1. The van der Waals surface area contributed by atoms with Crippen molar-refractivity contribution in [2.24, 2.45) is 23.7 Å². The molecule has 4 atom stereocenters. The summed E-state index contributed by atoms with van der Waals surface area (Å²) >= 11 is 0. The van der Waals surface area contributed by atoms with Crippen LogP contribution in [0.4, 0.5) is 0 Å². The van der Waals surface area contributed by atoms with E-state index in [9.17, 15) is 5.11 Å². The molecule has 1 heteroatoms. The summed E-state index contributed by atoms with van der Waals surface area (Å²) in [6.45, 7) is 0. The SMILES string of the molecule is OC1[C@H]2CC[C@H](C2)[C@H]1C1CCCCC1. The van der Waals surface area contributed by atoms with Crippen molar-refractivity contribution in [1.82, 2.24) is 0 Å². The van der Waals surface area contributed by atoms with Gasteiger partial charge in [0.2, 0.25) is 0 Å². The Labute approximate surface area is 86.9 Å². The van der Waals surface area contributed by atoms with Gasteiger partial charge in [-0.15, -0.1) is 0 Å². The van der Waals surface area contributed by atoms with E-state index in [-0.39, 0.29) is 6.10 Å². The zero-order valence-corrected chi connectivity index (χ0v) is 8.99. The summed E-state index contributed by atoms with van der Waals surface area (Å²) in [6.07, 6.45) is 11.3. The highest BCUT2D eigenvalue weighted by atomic mass is 16.3. The molecule has 1 nitrogen and oxygen atoms in total. The van der Waals surface area contributed by atoms with Crippen LogP contribution in [-0.4, -0.2) is 11.2 Å². The molecular weight excluding hydrogens is 172 g/mol. The third-order valence-electron chi connectivity index (χ3n) is 5.13. The molecule has 0 spiro atoms. The lowest BCUT2D eigenvalue weighted by molar-refractivity contribution is 0.0174. The number of rotatable bonds is 1. The van der Waals surface area contributed by atoms with Gasteiger partial charge in [0.15, 0.2) is 0 Å². The molecule has 1 unspecified atom stereocenters. The van der Waals surface area contributed by atoms with Crippen molar-refractivity contribution in [3.63, 3.8) is 0 Å². The van der Waals surface area contributed by atoms with Gasteiger partial charge in [-0.2, -0.15) is 0 Å². The van der Waals surface area contributed by atoms with Gasteiger partial charge in [0.1, 0.15) is 0 Å². The molecular formula is C13H22O. The van der Waals surface area contributed by atoms with Crippen LogP contribution in [0.15, 0.2) is 0 Å². The summed E-state index contributed by atoms with van der Waals surface area (Å²) in [4.78, 5) is 0. The van der Waals surface area contributed by atoms with E-state index in [1.807, 2.05) is 0 Å². The lowest BCUT2D eigenvalue weighted by Crippen LogP contribution is -2.34. The summed E-state index contributed by atoms with van der Waals surface area (Å²) in [7, 11) is 0. The molecule has 3 rings (SSSR count). The van der Waals surface area contributed by atoms with Crippen molar-refractivity contribution in [2.45, 2.75) is 57.5 Å². The normalized spacial score (nSPS) is 48.6. The summed E-state index contributed by atoms with van der Waals surface area (Å²) in [5.41, 5.74) is 0. The van der Waals surface area contributed by atoms with E-state index < -0.39 is 0 Å². The monoisotopic (exact) mass is 194 g/mol. The van der Waals surface area contributed by atoms with Gasteiger partial charge in [0, 0.05) is 0 Å². The second kappa shape index (κ2) is 3.52. The molecule has 3 aliphatic rings. The predicted molar refractivity (Wildman–Crippen MR) is 56.9 cm³/mol. The molecule has 80 valence electrons. The fourth-order valence-corrected chi connectivity index (χ4v) is 4.49. The molecule has 0 saturated heterocycles. The van der Waals surface area contributed by atoms with Crippen LogP contribution < -0.4 is 0 Å². The first-order valence-corrected chi connectivity index (χ1v) is 6.54. The summed E-state index contributed by atoms with van der Waals surface area (Å²) in [5.74, 6) is 3.17. The molecule has 0 aromatic carbocycles. The van der Waals surface area contributed by atoms with Gasteiger partial charge in [-0.05, 0) is 42.9 Å². The molecule has 0 heterocycles. The number of hydrogen-bond donors (Lipinski definition) is 1. The minimum absolute atomic E-state index is 0.0804. The van der Waals surface area contributed by atoms with Crippen molar-refractivity contribution >= 4 is 0 Å². The first-order valence-electron chi connectivity index (χ1n) is 6.54. The third-order valence-corrected chi connectivity index (χ3v) is 5.13. The lowest BCUT2D eigenvalue weighted by Gasteiger charge is -2.36. The maximum Gasteiger partial charge on any atom is 0.0601 e. The molecule has 14 heavy (non-hydrogen) atoms. The largest absolute Gasteiger partial charge is 0.393 e. The van der Waals surface area contributed by atoms with Gasteiger partial charge in [0.05, 0.1) is 6.10 Å². The smallest absolute Gasteiger partial charge is 0.0601 e. The molecule has 0 aliphatic heterocycles. The zero-order chi connectivity index (χ0) is 9.54. The van der Waals surface area contributed by atoms with E-state index in [4.69, 9.17) is 0 Å². The maximum absolute atomic E-state index is 10.2. The summed E-state index contributed by atoms with van der Waals surface area (Å²) in [5, 5.41) is 10.2. The zero-order valence-electron chi connectivity index (χ0n) is 8.99. The number of aliphatic hydroxyl groups is 1. The van der Waals surface area contributed by atoms with Gasteiger partial charge in [0.25, 0.3) is 0 Å². The molecule has 0 aromatic rings. The van der Waals surface area contributed by atoms with Crippen LogP contribution in [0.5, 0.6) is 0 Å². The van der Waals surface area contributed by atoms with Crippen LogP contribution in [0.2, 0.25) is 0 Å². The summed E-state index contributed by atoms with van der Waals surface area (Å²) < 4.78 is 0. The van der Waals surface area contributed by atoms with Crippen molar-refractivity contribution in [3.8, 4) is 0 Å². The van der Waals surface area contributed by atoms with Gasteiger partial charge in [-0.1, -0.05) is 32.1 Å². The Morgan fingerprint density at radius 3 is 2.07 bits per heavy atom. The first-order chi connectivity index (χ1) is 6.86. The molecule has 1 N–H and O–H groups in total. The molecule has 0 radical (unpaired) electrons. The average molecular weight is 194 g/mol. The van der Waals surface area contributed by atoms with Crippen LogP contribution in [0.3, 0.4) is 0 Å². The lowest BCUT2D eigenvalue weighted by atomic mass is 9.71. The Bertz CT molecular complexity index is 205. The van der Waals surface area contributed by atoms with E-state index in [1.54, 1.807) is 0 Å². The topological polar surface area (TPSA) is 20.2 Å². The Hall–Kier alpha value is -0.0400. The highest BCUT2D eigenvalue weighted by molar-refractivity contribution is 4.99. The van der Waals surface area contributed by atoms with E-state index in [0.717, 1.165) is 11.8 Å². The number of aliphatic hydroxyl groups excluding tert-OH is 1. The Morgan fingerprint density at radius 2 is 1.43 bits per heavy atom. The van der Waals surface area contributed by atoms with Crippen molar-refractivity contribution in [2.75, 3.05) is 0 Å². The fraction of sp³-hybridized carbons (Fsp3) is 1.00. The fourth-order valence-electron chi connectivity index (χ4n) is 4.49. The van der Waals surface area contributed by atoms with Crippen LogP contribution in [0.25, 0.3) is 0 Å². The van der Waals surface area contributed by atoms with Crippen molar-refractivity contribution < 1.29 is 5.11 Å². The minimum Gasteiger partial charge on any atom is -0.393 e. The average Bonchev–Trinajstić information content (AvgIpc) is 2.79. The van der Waals surface area contributed by atoms with E-state index >= 15 is 0 Å². The maximum atomic E-state index is 10.2. The second-order valence-electron chi connectivity index (χ2n) is 5.80. The van der Waals surface area contributed by atoms with Crippen molar-refractivity contribution in [1.29, 1.82) is 0 Å². The van der Waals surface area contributed by atoms with Crippen LogP contribution in [-0.2, 0) is 0 Å². The molecule has 3 aliphatic carbocycles. The molecule has 2 bridgehead atoms. The summed E-state index contributed by atoms with van der Waals surface area (Å²) in [6, 6.07) is 0. The second-order valence-corrected chi connectivity index (χ2v) is 5.80. The molecule has 3 saturated carbocycles. The molecule has 0 aromatic heterocycles. The minimum atomic E-state index is 0.0804. The number of fused-ring (bicyclic) bond motifs is 2. The Balaban J connectivity index is 1.71. The third kappa shape index (κ3) is 1.32. The van der Waals surface area contributed by atoms with Gasteiger partial charge in [-0.25, -0.2) is 0 Å². The Kier molecular flexibility index (Phi) is 2.31. The van der Waals surface area contributed by atoms with E-state index in [2.05, 4.69) is 0 Å². The van der Waals surface area contributed by atoms with E-state index in [1.165, 1.54) is 51.4 Å². The van der Waals surface area contributed by atoms with Crippen LogP contribution in [0, 0.1) is 23.7 Å². The van der Waals surface area contributed by atoms with Gasteiger partial charge < -0.3 is 5.11 Å². The van der Waals surface area contributed by atoms with Gasteiger partial charge in [-0.3, -0.25) is 0 Å². The highest BCUT2D eigenvalue weighted by Crippen LogP contribution is 2.53. The number of hydrogen-bond acceptors (Lipinski definition) is 1. The van der Waals surface area contributed by atoms with Gasteiger partial charge >= 0.3 is 0 Å². The molecule has 3 fully saturated rings. The quantitative estimate of drug-likeness (QED) is 0.680.